The molecule has 0 aromatic carbocycles. The average molecular weight is 367 g/mol. The van der Waals surface area contributed by atoms with Crippen molar-refractivity contribution in [2.45, 2.75) is 45.8 Å². The highest BCUT2D eigenvalue weighted by molar-refractivity contribution is 7.89. The smallest absolute Gasteiger partial charge is 0.211 e. The van der Waals surface area contributed by atoms with Gasteiger partial charge in [-0.05, 0) is 26.7 Å². The molecule has 1 saturated heterocycles. The highest BCUT2D eigenvalue weighted by Crippen LogP contribution is 2.28. The summed E-state index contributed by atoms with van der Waals surface area (Å²) in [4.78, 5) is 4.49. The van der Waals surface area contributed by atoms with Gasteiger partial charge in [-0.1, -0.05) is 0 Å². The largest absolute Gasteiger partial charge is 0.381 e. The second kappa shape index (κ2) is 7.67. The molecule has 1 aliphatic heterocycles. The molecule has 0 atom stereocenters. The molecule has 1 aliphatic rings. The van der Waals surface area contributed by atoms with Gasteiger partial charge in [-0.15, -0.1) is 0 Å². The van der Waals surface area contributed by atoms with E-state index >= 15 is 0 Å². The molecule has 0 spiro atoms. The van der Waals surface area contributed by atoms with Crippen molar-refractivity contribution in [1.82, 2.24) is 19.5 Å². The van der Waals surface area contributed by atoms with Gasteiger partial charge in [0.15, 0.2) is 5.65 Å². The lowest BCUT2D eigenvalue weighted by molar-refractivity contribution is 0.0904. The van der Waals surface area contributed by atoms with Gasteiger partial charge in [-0.2, -0.15) is 5.10 Å². The molecule has 0 aliphatic carbocycles. The number of ether oxygens (including phenoxy) is 1. The second-order valence-electron chi connectivity index (χ2n) is 6.11. The van der Waals surface area contributed by atoms with Gasteiger partial charge in [0.05, 0.1) is 23.0 Å². The van der Waals surface area contributed by atoms with Crippen LogP contribution in [0.1, 0.15) is 32.3 Å². The molecule has 25 heavy (non-hydrogen) atoms. The number of sulfonamides is 1. The topological polar surface area (TPSA) is 98.1 Å². The van der Waals surface area contributed by atoms with Crippen molar-refractivity contribution in [3.8, 4) is 0 Å². The molecule has 8 nitrogen and oxygen atoms in total. The third-order valence-electron chi connectivity index (χ3n) is 4.48. The minimum Gasteiger partial charge on any atom is -0.381 e. The molecule has 0 radical (unpaired) electrons. The monoisotopic (exact) mass is 367 g/mol. The lowest BCUT2D eigenvalue weighted by atomic mass is 10.1. The second-order valence-corrected chi connectivity index (χ2v) is 8.21. The van der Waals surface area contributed by atoms with Gasteiger partial charge in [-0.25, -0.2) is 22.8 Å². The number of anilines is 1. The molecule has 0 unspecified atom stereocenters. The molecule has 3 heterocycles. The molecule has 2 N–H and O–H groups in total. The average Bonchev–Trinajstić information content (AvgIpc) is 3.05. The molecule has 2 aromatic rings. The molecule has 0 amide bonds. The third kappa shape index (κ3) is 4.10. The van der Waals surface area contributed by atoms with E-state index in [4.69, 9.17) is 4.74 Å². The van der Waals surface area contributed by atoms with Gasteiger partial charge in [0.1, 0.15) is 0 Å². The first-order valence-corrected chi connectivity index (χ1v) is 10.3. The van der Waals surface area contributed by atoms with Gasteiger partial charge in [0.2, 0.25) is 10.0 Å². The molecule has 1 fully saturated rings. The fourth-order valence-electron chi connectivity index (χ4n) is 2.94. The standard InChI is InChI=1S/C16H25N5O3S/c1-3-21-16-14(11-18-21)15(20-13-5-7-24-8-6-13)12(9-17-16)10-19-25(22,23)4-2/h9,11,13,19H,3-8,10H2,1-2H3,(H,17,20). The lowest BCUT2D eigenvalue weighted by Crippen LogP contribution is -2.29. The number of rotatable bonds is 7. The highest BCUT2D eigenvalue weighted by Gasteiger charge is 2.19. The van der Waals surface area contributed by atoms with Crippen LogP contribution in [0.25, 0.3) is 11.0 Å². The molecule has 3 rings (SSSR count). The normalized spacial score (nSPS) is 16.4. The van der Waals surface area contributed by atoms with E-state index in [0.717, 1.165) is 54.9 Å². The summed E-state index contributed by atoms with van der Waals surface area (Å²) in [5.74, 6) is 0.0547. The van der Waals surface area contributed by atoms with Crippen molar-refractivity contribution in [1.29, 1.82) is 0 Å². The fourth-order valence-corrected chi connectivity index (χ4v) is 3.52. The van der Waals surface area contributed by atoms with Crippen LogP contribution in [-0.2, 0) is 27.8 Å². The van der Waals surface area contributed by atoms with Crippen molar-refractivity contribution >= 4 is 26.7 Å². The molecular weight excluding hydrogens is 342 g/mol. The number of nitrogens with zero attached hydrogens (tertiary/aromatic N) is 3. The minimum absolute atomic E-state index is 0.0547. The van der Waals surface area contributed by atoms with Crippen molar-refractivity contribution < 1.29 is 13.2 Å². The number of aryl methyl sites for hydroxylation is 1. The maximum absolute atomic E-state index is 11.8. The Labute approximate surface area is 148 Å². The number of fused-ring (bicyclic) bond motifs is 1. The molecule has 9 heteroatoms. The zero-order chi connectivity index (χ0) is 17.9. The number of pyridine rings is 1. The quantitative estimate of drug-likeness (QED) is 0.769. The zero-order valence-corrected chi connectivity index (χ0v) is 15.5. The van der Waals surface area contributed by atoms with E-state index in [1.807, 2.05) is 11.6 Å². The van der Waals surface area contributed by atoms with Crippen molar-refractivity contribution in [2.24, 2.45) is 0 Å². The van der Waals surface area contributed by atoms with Crippen LogP contribution < -0.4 is 10.0 Å². The third-order valence-corrected chi connectivity index (χ3v) is 5.82. The summed E-state index contributed by atoms with van der Waals surface area (Å²) in [6, 6.07) is 0.297. The molecule has 2 aromatic heterocycles. The summed E-state index contributed by atoms with van der Waals surface area (Å²) in [5.41, 5.74) is 2.54. The van der Waals surface area contributed by atoms with E-state index in [2.05, 4.69) is 20.1 Å². The number of hydrogen-bond acceptors (Lipinski definition) is 6. The van der Waals surface area contributed by atoms with Gasteiger partial charge >= 0.3 is 0 Å². The summed E-state index contributed by atoms with van der Waals surface area (Å²) in [7, 11) is -3.27. The predicted octanol–water partition coefficient (Wildman–Crippen LogP) is 1.48. The molecule has 0 bridgehead atoms. The van der Waals surface area contributed by atoms with E-state index in [1.54, 1.807) is 19.3 Å². The Hall–Kier alpha value is -1.71. The van der Waals surface area contributed by atoms with Gasteiger partial charge in [-0.3, -0.25) is 0 Å². The summed E-state index contributed by atoms with van der Waals surface area (Å²) in [6.07, 6.45) is 5.37. The Morgan fingerprint density at radius 1 is 1.28 bits per heavy atom. The van der Waals surface area contributed by atoms with Crippen LogP contribution in [0.5, 0.6) is 0 Å². The van der Waals surface area contributed by atoms with Gasteiger partial charge < -0.3 is 10.1 Å². The van der Waals surface area contributed by atoms with Crippen molar-refractivity contribution in [3.05, 3.63) is 18.0 Å². The highest BCUT2D eigenvalue weighted by atomic mass is 32.2. The molecule has 138 valence electrons. The van der Waals surface area contributed by atoms with Crippen molar-refractivity contribution in [2.75, 3.05) is 24.3 Å². The number of aromatic nitrogens is 3. The zero-order valence-electron chi connectivity index (χ0n) is 14.7. The van der Waals surface area contributed by atoms with E-state index < -0.39 is 10.0 Å². The summed E-state index contributed by atoms with van der Waals surface area (Å²) in [5, 5.41) is 8.88. The Bertz CT molecular complexity index is 828. The van der Waals surface area contributed by atoms with E-state index in [9.17, 15) is 8.42 Å². The van der Waals surface area contributed by atoms with Crippen LogP contribution >= 0.6 is 0 Å². The van der Waals surface area contributed by atoms with Crippen LogP contribution in [-0.4, -0.2) is 48.2 Å². The van der Waals surface area contributed by atoms with Crippen LogP contribution in [0.3, 0.4) is 0 Å². The maximum atomic E-state index is 11.8. The van der Waals surface area contributed by atoms with Crippen LogP contribution in [0, 0.1) is 0 Å². The number of nitrogens with one attached hydrogen (secondary N) is 2. The van der Waals surface area contributed by atoms with Crippen LogP contribution in [0.2, 0.25) is 0 Å². The first-order valence-electron chi connectivity index (χ1n) is 8.69. The Morgan fingerprint density at radius 2 is 2.04 bits per heavy atom. The Balaban J connectivity index is 1.95. The lowest BCUT2D eigenvalue weighted by Gasteiger charge is -2.25. The SMILES string of the molecule is CCn1ncc2c(NC3CCOCC3)c(CNS(=O)(=O)CC)cnc21. The summed E-state index contributed by atoms with van der Waals surface area (Å²) < 4.78 is 33.5. The van der Waals surface area contributed by atoms with Crippen LogP contribution in [0.15, 0.2) is 12.4 Å². The van der Waals surface area contributed by atoms with Gasteiger partial charge in [0, 0.05) is 44.1 Å². The maximum Gasteiger partial charge on any atom is 0.211 e. The van der Waals surface area contributed by atoms with Gasteiger partial charge in [0.25, 0.3) is 0 Å². The van der Waals surface area contributed by atoms with E-state index in [1.165, 1.54) is 0 Å². The van der Waals surface area contributed by atoms with Crippen molar-refractivity contribution in [3.63, 3.8) is 0 Å². The van der Waals surface area contributed by atoms with E-state index in [-0.39, 0.29) is 12.3 Å². The fraction of sp³-hybridized carbons (Fsp3) is 0.625. The first-order chi connectivity index (χ1) is 12.0. The molecular formula is C16H25N5O3S. The number of hydrogen-bond donors (Lipinski definition) is 2. The Kier molecular flexibility index (Phi) is 5.55. The first kappa shape index (κ1) is 18.1. The predicted molar refractivity (Wildman–Crippen MR) is 97.0 cm³/mol. The van der Waals surface area contributed by atoms with E-state index in [0.29, 0.717) is 6.04 Å². The molecule has 0 saturated carbocycles. The van der Waals surface area contributed by atoms with Crippen LogP contribution in [0.4, 0.5) is 5.69 Å². The summed E-state index contributed by atoms with van der Waals surface area (Å²) in [6.45, 7) is 6.05. The summed E-state index contributed by atoms with van der Waals surface area (Å²) >= 11 is 0. The minimum atomic E-state index is -3.27. The Morgan fingerprint density at radius 3 is 2.72 bits per heavy atom.